The van der Waals surface area contributed by atoms with Gasteiger partial charge in [-0.2, -0.15) is 0 Å². The third-order valence-electron chi connectivity index (χ3n) is 7.07. The van der Waals surface area contributed by atoms with E-state index >= 15 is 0 Å². The van der Waals surface area contributed by atoms with Gasteiger partial charge < -0.3 is 19.6 Å². The van der Waals surface area contributed by atoms with Crippen LogP contribution in [0.3, 0.4) is 0 Å². The summed E-state index contributed by atoms with van der Waals surface area (Å²) in [5.74, 6) is 0. The lowest BCUT2D eigenvalue weighted by atomic mass is 9.82. The number of rotatable bonds is 7. The van der Waals surface area contributed by atoms with Gasteiger partial charge in [-0.15, -0.1) is 0 Å². The van der Waals surface area contributed by atoms with E-state index in [2.05, 4.69) is 24.1 Å². The quantitative estimate of drug-likeness (QED) is 0.299. The first-order chi connectivity index (χ1) is 18.2. The maximum absolute atomic E-state index is 12.8. The fourth-order valence-electron chi connectivity index (χ4n) is 4.93. The van der Waals surface area contributed by atoms with Crippen LogP contribution in [0.15, 0.2) is 90.1 Å². The summed E-state index contributed by atoms with van der Waals surface area (Å²) in [4.78, 5) is 17.1. The summed E-state index contributed by atoms with van der Waals surface area (Å²) in [6.07, 6.45) is 3.38. The summed E-state index contributed by atoms with van der Waals surface area (Å²) in [5, 5.41) is 17.4. The van der Waals surface area contributed by atoms with Gasteiger partial charge in [0.05, 0.1) is 23.7 Å². The molecule has 0 aliphatic heterocycles. The molecule has 0 fully saturated rings. The van der Waals surface area contributed by atoms with Crippen molar-refractivity contribution in [1.29, 1.82) is 0 Å². The largest absolute Gasteiger partial charge is 0.374 e. The highest BCUT2D eigenvalue weighted by Gasteiger charge is 2.37. The summed E-state index contributed by atoms with van der Waals surface area (Å²) in [6.45, 7) is 4.97. The first kappa shape index (κ1) is 25.9. The molecule has 0 aliphatic carbocycles. The summed E-state index contributed by atoms with van der Waals surface area (Å²) >= 11 is 6.30. The molecular formula is C31H31ClN4O2. The van der Waals surface area contributed by atoms with E-state index in [4.69, 9.17) is 11.6 Å². The molecule has 5 aromatic rings. The van der Waals surface area contributed by atoms with E-state index in [1.54, 1.807) is 36.3 Å². The highest BCUT2D eigenvalue weighted by molar-refractivity contribution is 6.30. The van der Waals surface area contributed by atoms with Gasteiger partial charge in [0.2, 0.25) is 0 Å². The maximum Gasteiger partial charge on any atom is 0.251 e. The summed E-state index contributed by atoms with van der Waals surface area (Å²) in [5.41, 5.74) is 3.92. The number of aromatic nitrogens is 3. The molecule has 0 bridgehead atoms. The van der Waals surface area contributed by atoms with Gasteiger partial charge >= 0.3 is 0 Å². The number of imidazole rings is 1. The van der Waals surface area contributed by atoms with Gasteiger partial charge in [-0.25, -0.2) is 4.98 Å². The van der Waals surface area contributed by atoms with Crippen molar-refractivity contribution in [2.24, 2.45) is 14.1 Å². The molecule has 0 radical (unpaired) electrons. The third-order valence-corrected chi connectivity index (χ3v) is 7.31. The smallest absolute Gasteiger partial charge is 0.251 e. The molecule has 2 aromatic heterocycles. The Labute approximate surface area is 227 Å². The summed E-state index contributed by atoms with van der Waals surface area (Å²) < 4.78 is 3.45. The predicted octanol–water partition coefficient (Wildman–Crippen LogP) is 5.37. The summed E-state index contributed by atoms with van der Waals surface area (Å²) in [6, 6.07) is 23.2. The fraction of sp³-hybridized carbons (Fsp3) is 0.226. The maximum atomic E-state index is 12.8. The van der Waals surface area contributed by atoms with Crippen molar-refractivity contribution in [2.75, 3.05) is 0 Å². The van der Waals surface area contributed by atoms with Gasteiger partial charge in [0.15, 0.2) is 5.60 Å². The van der Waals surface area contributed by atoms with Gasteiger partial charge in [0.1, 0.15) is 0 Å². The Morgan fingerprint density at radius 3 is 2.39 bits per heavy atom. The van der Waals surface area contributed by atoms with Crippen LogP contribution in [0.5, 0.6) is 0 Å². The van der Waals surface area contributed by atoms with Crippen LogP contribution in [-0.2, 0) is 26.2 Å². The minimum Gasteiger partial charge on any atom is -0.374 e. The first-order valence-corrected chi connectivity index (χ1v) is 13.0. The van der Waals surface area contributed by atoms with E-state index in [0.29, 0.717) is 22.3 Å². The van der Waals surface area contributed by atoms with E-state index in [0.717, 1.165) is 39.7 Å². The zero-order valence-corrected chi connectivity index (χ0v) is 22.7. The van der Waals surface area contributed by atoms with E-state index in [-0.39, 0.29) is 5.56 Å². The van der Waals surface area contributed by atoms with Crippen LogP contribution < -0.4 is 10.9 Å². The Kier molecular flexibility index (Phi) is 6.97. The lowest BCUT2D eigenvalue weighted by molar-refractivity contribution is 0.117. The SMILES string of the molecule is CC(C)NCc1ccc(C(O)(c2ccc3c(c2)c(-c2cccc(Cl)c2)cc(=O)n3C)c2cncn2C)cc1. The summed E-state index contributed by atoms with van der Waals surface area (Å²) in [7, 11) is 3.62. The Morgan fingerprint density at radius 1 is 1.00 bits per heavy atom. The molecule has 2 heterocycles. The van der Waals surface area contributed by atoms with Crippen LogP contribution in [0.2, 0.25) is 5.02 Å². The molecule has 3 aromatic carbocycles. The van der Waals surface area contributed by atoms with Crippen molar-refractivity contribution in [3.8, 4) is 11.1 Å². The second kappa shape index (κ2) is 10.2. The van der Waals surface area contributed by atoms with Gasteiger partial charge in [-0.05, 0) is 52.1 Å². The van der Waals surface area contributed by atoms with Crippen molar-refractivity contribution in [3.05, 3.63) is 123 Å². The molecule has 2 N–H and O–H groups in total. The number of halogens is 1. The molecule has 5 rings (SSSR count). The molecular weight excluding hydrogens is 496 g/mol. The molecule has 0 spiro atoms. The van der Waals surface area contributed by atoms with Crippen molar-refractivity contribution in [1.82, 2.24) is 19.4 Å². The van der Waals surface area contributed by atoms with E-state index in [1.165, 1.54) is 0 Å². The number of aryl methyl sites for hydroxylation is 2. The van der Waals surface area contributed by atoms with Crippen LogP contribution in [0.25, 0.3) is 22.0 Å². The Hall–Kier alpha value is -3.71. The Morgan fingerprint density at radius 2 is 1.74 bits per heavy atom. The molecule has 6 nitrogen and oxygen atoms in total. The van der Waals surface area contributed by atoms with Crippen LogP contribution in [0.4, 0.5) is 0 Å². The Bertz CT molecular complexity index is 1670. The second-order valence-electron chi connectivity index (χ2n) is 10.0. The Balaban J connectivity index is 1.73. The number of pyridine rings is 1. The fourth-order valence-corrected chi connectivity index (χ4v) is 5.13. The van der Waals surface area contributed by atoms with Crippen molar-refractivity contribution in [2.45, 2.75) is 32.0 Å². The van der Waals surface area contributed by atoms with Gasteiger partial charge in [0.25, 0.3) is 5.56 Å². The zero-order chi connectivity index (χ0) is 27.0. The first-order valence-electron chi connectivity index (χ1n) is 12.6. The zero-order valence-electron chi connectivity index (χ0n) is 21.9. The van der Waals surface area contributed by atoms with Crippen LogP contribution >= 0.6 is 11.6 Å². The van der Waals surface area contributed by atoms with Crippen LogP contribution in [0, 0.1) is 0 Å². The molecule has 38 heavy (non-hydrogen) atoms. The molecule has 0 amide bonds. The lowest BCUT2D eigenvalue weighted by Gasteiger charge is -2.30. The minimum atomic E-state index is -1.48. The standard InChI is InChI=1S/C31H31ClN4O2/c1-20(2)34-17-21-8-10-23(11-9-21)31(38,29-18-33-19-35(29)3)24-12-13-28-27(15-24)26(16-30(37)36(28)4)22-6-5-7-25(32)14-22/h5-16,18-20,34,38H,17H2,1-4H3. The third kappa shape index (κ3) is 4.67. The average Bonchev–Trinajstić information content (AvgIpc) is 3.35. The van der Waals surface area contributed by atoms with Gasteiger partial charge in [0, 0.05) is 43.2 Å². The monoisotopic (exact) mass is 526 g/mol. The molecule has 7 heteroatoms. The molecule has 0 aliphatic rings. The highest BCUT2D eigenvalue weighted by Crippen LogP contribution is 2.39. The second-order valence-corrected chi connectivity index (χ2v) is 10.5. The number of benzene rings is 3. The lowest BCUT2D eigenvalue weighted by Crippen LogP contribution is -2.31. The van der Waals surface area contributed by atoms with Crippen LogP contribution in [0.1, 0.15) is 36.2 Å². The minimum absolute atomic E-state index is 0.118. The topological polar surface area (TPSA) is 72.1 Å². The van der Waals surface area contributed by atoms with E-state index in [9.17, 15) is 9.90 Å². The van der Waals surface area contributed by atoms with Gasteiger partial charge in [-0.3, -0.25) is 4.79 Å². The normalized spacial score (nSPS) is 13.2. The number of hydrogen-bond acceptors (Lipinski definition) is 4. The van der Waals surface area contributed by atoms with Crippen molar-refractivity contribution in [3.63, 3.8) is 0 Å². The number of aliphatic hydroxyl groups is 1. The number of hydrogen-bond donors (Lipinski definition) is 2. The predicted molar refractivity (Wildman–Crippen MR) is 153 cm³/mol. The number of nitrogens with zero attached hydrogens (tertiary/aromatic N) is 3. The van der Waals surface area contributed by atoms with Gasteiger partial charge in [-0.1, -0.05) is 67.9 Å². The van der Waals surface area contributed by atoms with E-state index in [1.807, 2.05) is 72.3 Å². The van der Waals surface area contributed by atoms with Crippen molar-refractivity contribution < 1.29 is 5.11 Å². The highest BCUT2D eigenvalue weighted by atomic mass is 35.5. The molecule has 194 valence electrons. The molecule has 1 unspecified atom stereocenters. The van der Waals surface area contributed by atoms with Crippen LogP contribution in [-0.4, -0.2) is 25.3 Å². The molecule has 0 saturated heterocycles. The number of nitrogens with one attached hydrogen (secondary N) is 1. The molecule has 0 saturated carbocycles. The van der Waals surface area contributed by atoms with Crippen molar-refractivity contribution >= 4 is 22.5 Å². The number of fused-ring (bicyclic) bond motifs is 1. The molecule has 1 atom stereocenters. The average molecular weight is 527 g/mol. The van der Waals surface area contributed by atoms with E-state index < -0.39 is 5.60 Å².